The Morgan fingerprint density at radius 1 is 1.15 bits per heavy atom. The van der Waals surface area contributed by atoms with E-state index in [4.69, 9.17) is 5.73 Å². The van der Waals surface area contributed by atoms with Crippen molar-refractivity contribution < 1.29 is 4.79 Å². The van der Waals surface area contributed by atoms with Crippen LogP contribution in [0.1, 0.15) is 21.7 Å². The SMILES string of the molecule is CN1CCN(Cc2ccc(NC(=O)c3[nH]ncc3Nc3ncnc4[nH]c(CN)cc34)cc2)CC1. The zero-order valence-electron chi connectivity index (χ0n) is 19.0. The molecule has 0 bridgehead atoms. The minimum Gasteiger partial charge on any atom is -0.342 e. The number of aromatic nitrogens is 5. The summed E-state index contributed by atoms with van der Waals surface area (Å²) in [6.07, 6.45) is 3.00. The molecule has 1 saturated heterocycles. The number of carbonyl (C=O) groups excluding carboxylic acids is 1. The second-order valence-electron chi connectivity index (χ2n) is 8.50. The van der Waals surface area contributed by atoms with Gasteiger partial charge in [-0.05, 0) is 30.8 Å². The van der Waals surface area contributed by atoms with Gasteiger partial charge in [-0.15, -0.1) is 0 Å². The Bertz CT molecular complexity index is 1270. The molecule has 34 heavy (non-hydrogen) atoms. The first-order valence-corrected chi connectivity index (χ1v) is 11.2. The second-order valence-corrected chi connectivity index (χ2v) is 8.50. The molecule has 1 amide bonds. The van der Waals surface area contributed by atoms with Gasteiger partial charge in [0, 0.05) is 50.6 Å². The number of rotatable bonds is 7. The molecule has 0 unspecified atom stereocenters. The number of fused-ring (bicyclic) bond motifs is 1. The summed E-state index contributed by atoms with van der Waals surface area (Å²) in [5.74, 6) is 0.262. The molecule has 5 rings (SSSR count). The highest BCUT2D eigenvalue weighted by atomic mass is 16.2. The first-order chi connectivity index (χ1) is 16.6. The third-order valence-corrected chi connectivity index (χ3v) is 6.03. The first kappa shape index (κ1) is 22.0. The maximum Gasteiger partial charge on any atom is 0.275 e. The number of hydrogen-bond donors (Lipinski definition) is 5. The number of hydrogen-bond acceptors (Lipinski definition) is 8. The van der Waals surface area contributed by atoms with Crippen LogP contribution in [-0.2, 0) is 13.1 Å². The molecule has 4 aromatic rings. The molecule has 1 aromatic carbocycles. The molecule has 3 aromatic heterocycles. The number of amides is 1. The Balaban J connectivity index is 1.25. The van der Waals surface area contributed by atoms with Gasteiger partial charge in [0.15, 0.2) is 0 Å². The van der Waals surface area contributed by atoms with Gasteiger partial charge < -0.3 is 26.3 Å². The fourth-order valence-electron chi connectivity index (χ4n) is 4.04. The highest BCUT2D eigenvalue weighted by molar-refractivity contribution is 6.07. The van der Waals surface area contributed by atoms with Gasteiger partial charge in [-0.2, -0.15) is 5.10 Å². The molecule has 4 heterocycles. The van der Waals surface area contributed by atoms with Crippen molar-refractivity contribution >= 4 is 34.1 Å². The van der Waals surface area contributed by atoms with Crippen molar-refractivity contribution in [3.63, 3.8) is 0 Å². The summed E-state index contributed by atoms with van der Waals surface area (Å²) < 4.78 is 0. The van der Waals surface area contributed by atoms with Crippen molar-refractivity contribution in [2.45, 2.75) is 13.1 Å². The molecule has 11 heteroatoms. The molecule has 0 radical (unpaired) electrons. The molecular weight excluding hydrogens is 432 g/mol. The minimum atomic E-state index is -0.297. The third kappa shape index (κ3) is 4.76. The lowest BCUT2D eigenvalue weighted by Gasteiger charge is -2.32. The van der Waals surface area contributed by atoms with Crippen LogP contribution < -0.4 is 16.4 Å². The molecule has 6 N–H and O–H groups in total. The van der Waals surface area contributed by atoms with Crippen LogP contribution in [0, 0.1) is 0 Å². The van der Waals surface area contributed by atoms with Crippen molar-refractivity contribution in [3.8, 4) is 0 Å². The summed E-state index contributed by atoms with van der Waals surface area (Å²) in [6, 6.07) is 9.85. The van der Waals surface area contributed by atoms with Gasteiger partial charge >= 0.3 is 0 Å². The largest absolute Gasteiger partial charge is 0.342 e. The van der Waals surface area contributed by atoms with Crippen molar-refractivity contribution in [1.82, 2.24) is 34.9 Å². The van der Waals surface area contributed by atoms with E-state index in [2.05, 4.69) is 64.8 Å². The molecule has 1 aliphatic heterocycles. The van der Waals surface area contributed by atoms with E-state index in [-0.39, 0.29) is 5.91 Å². The topological polar surface area (TPSA) is 144 Å². The van der Waals surface area contributed by atoms with Crippen LogP contribution in [0.4, 0.5) is 17.2 Å². The predicted molar refractivity (Wildman–Crippen MR) is 131 cm³/mol. The summed E-state index contributed by atoms with van der Waals surface area (Å²) in [7, 11) is 2.15. The van der Waals surface area contributed by atoms with Gasteiger partial charge in [0.2, 0.25) is 0 Å². The number of nitrogens with two attached hydrogens (primary N) is 1. The fourth-order valence-corrected chi connectivity index (χ4v) is 4.04. The lowest BCUT2D eigenvalue weighted by molar-refractivity contribution is 0.102. The summed E-state index contributed by atoms with van der Waals surface area (Å²) in [4.78, 5) is 29.4. The van der Waals surface area contributed by atoms with Gasteiger partial charge in [0.1, 0.15) is 23.5 Å². The highest BCUT2D eigenvalue weighted by Gasteiger charge is 2.17. The Labute approximate surface area is 196 Å². The number of benzene rings is 1. The van der Waals surface area contributed by atoms with Crippen molar-refractivity contribution in [1.29, 1.82) is 0 Å². The van der Waals surface area contributed by atoms with Crippen molar-refractivity contribution in [2.75, 3.05) is 43.9 Å². The van der Waals surface area contributed by atoms with Crippen LogP contribution in [0.25, 0.3) is 11.0 Å². The number of carbonyl (C=O) groups is 1. The lowest BCUT2D eigenvalue weighted by atomic mass is 10.1. The Kier molecular flexibility index (Phi) is 6.21. The van der Waals surface area contributed by atoms with E-state index in [0.29, 0.717) is 29.4 Å². The number of H-pyrrole nitrogens is 2. The quantitative estimate of drug-likeness (QED) is 0.281. The predicted octanol–water partition coefficient (Wildman–Crippen LogP) is 1.88. The maximum absolute atomic E-state index is 12.9. The average Bonchev–Trinajstić information content (AvgIpc) is 3.49. The molecule has 1 fully saturated rings. The van der Waals surface area contributed by atoms with Crippen LogP contribution >= 0.6 is 0 Å². The summed E-state index contributed by atoms with van der Waals surface area (Å²) >= 11 is 0. The van der Waals surface area contributed by atoms with E-state index < -0.39 is 0 Å². The van der Waals surface area contributed by atoms with Gasteiger partial charge in [-0.1, -0.05) is 12.1 Å². The van der Waals surface area contributed by atoms with E-state index >= 15 is 0 Å². The van der Waals surface area contributed by atoms with E-state index in [0.717, 1.165) is 49.5 Å². The summed E-state index contributed by atoms with van der Waals surface area (Å²) in [5, 5.41) is 13.7. The summed E-state index contributed by atoms with van der Waals surface area (Å²) in [6.45, 7) is 5.60. The second kappa shape index (κ2) is 9.59. The van der Waals surface area contributed by atoms with Crippen LogP contribution in [-0.4, -0.2) is 74.1 Å². The van der Waals surface area contributed by atoms with Gasteiger partial charge in [0.25, 0.3) is 5.91 Å². The number of nitrogens with one attached hydrogen (secondary N) is 4. The van der Waals surface area contributed by atoms with Crippen LogP contribution in [0.15, 0.2) is 42.9 Å². The molecule has 0 spiro atoms. The first-order valence-electron chi connectivity index (χ1n) is 11.2. The zero-order chi connectivity index (χ0) is 23.5. The fraction of sp³-hybridized carbons (Fsp3) is 0.304. The molecule has 0 saturated carbocycles. The third-order valence-electron chi connectivity index (χ3n) is 6.03. The molecule has 0 atom stereocenters. The normalized spacial score (nSPS) is 15.0. The maximum atomic E-state index is 12.9. The van der Waals surface area contributed by atoms with E-state index in [1.165, 1.54) is 11.9 Å². The Morgan fingerprint density at radius 3 is 2.71 bits per heavy atom. The zero-order valence-corrected chi connectivity index (χ0v) is 19.0. The standard InChI is InChI=1S/C23H28N10O/c1-32-6-8-33(9-7-32)13-15-2-4-16(5-3-15)29-23(34)20-19(12-27-31-20)30-22-18-10-17(11-24)28-21(18)25-14-26-22/h2-5,10,12,14H,6-9,11,13,24H2,1H3,(H,27,31)(H,29,34)(H2,25,26,28,30). The highest BCUT2D eigenvalue weighted by Crippen LogP contribution is 2.25. The molecule has 0 aliphatic carbocycles. The van der Waals surface area contributed by atoms with E-state index in [1.807, 2.05) is 18.2 Å². The number of piperazine rings is 1. The Hall–Kier alpha value is -3.80. The number of aromatic amines is 2. The molecular formula is C23H28N10O. The average molecular weight is 461 g/mol. The van der Waals surface area contributed by atoms with Gasteiger partial charge in [0.05, 0.1) is 17.3 Å². The van der Waals surface area contributed by atoms with E-state index in [1.54, 1.807) is 6.20 Å². The number of nitrogens with zero attached hydrogens (tertiary/aromatic N) is 5. The van der Waals surface area contributed by atoms with Crippen molar-refractivity contribution in [2.24, 2.45) is 5.73 Å². The van der Waals surface area contributed by atoms with Crippen LogP contribution in [0.3, 0.4) is 0 Å². The lowest BCUT2D eigenvalue weighted by Crippen LogP contribution is -2.43. The van der Waals surface area contributed by atoms with Gasteiger partial charge in [-0.25, -0.2) is 9.97 Å². The number of likely N-dealkylation sites (N-methyl/N-ethyl adjacent to an activating group) is 1. The Morgan fingerprint density at radius 2 is 1.94 bits per heavy atom. The van der Waals surface area contributed by atoms with Crippen LogP contribution in [0.5, 0.6) is 0 Å². The van der Waals surface area contributed by atoms with Crippen molar-refractivity contribution in [3.05, 3.63) is 59.8 Å². The smallest absolute Gasteiger partial charge is 0.275 e. The summed E-state index contributed by atoms with van der Waals surface area (Å²) in [5.41, 5.74) is 10.0. The number of anilines is 3. The molecule has 1 aliphatic rings. The van der Waals surface area contributed by atoms with Crippen LogP contribution in [0.2, 0.25) is 0 Å². The molecule has 176 valence electrons. The molecule has 11 nitrogen and oxygen atoms in total. The monoisotopic (exact) mass is 460 g/mol. The minimum absolute atomic E-state index is 0.297. The van der Waals surface area contributed by atoms with Gasteiger partial charge in [-0.3, -0.25) is 14.8 Å². The van der Waals surface area contributed by atoms with E-state index in [9.17, 15) is 4.79 Å².